The van der Waals surface area contributed by atoms with E-state index < -0.39 is 6.10 Å². The van der Waals surface area contributed by atoms with E-state index in [-0.39, 0.29) is 31.1 Å². The number of hydrogen-bond acceptors (Lipinski definition) is 6. The lowest BCUT2D eigenvalue weighted by molar-refractivity contribution is -0.167. The van der Waals surface area contributed by atoms with Gasteiger partial charge in [0.1, 0.15) is 13.2 Å². The number of allylic oxidation sites excluding steroid dienone is 14. The third-order valence-electron chi connectivity index (χ3n) is 13.9. The van der Waals surface area contributed by atoms with Crippen LogP contribution in [0.25, 0.3) is 0 Å². The summed E-state index contributed by atoms with van der Waals surface area (Å²) in [5.74, 6) is -0.898. The summed E-state index contributed by atoms with van der Waals surface area (Å²) >= 11 is 0. The molecule has 0 rings (SSSR count). The van der Waals surface area contributed by atoms with Gasteiger partial charge < -0.3 is 14.2 Å². The zero-order valence-electron chi connectivity index (χ0n) is 49.6. The molecule has 0 saturated carbocycles. The lowest BCUT2D eigenvalue weighted by Gasteiger charge is -2.18. The normalized spacial score (nSPS) is 12.6. The van der Waals surface area contributed by atoms with Gasteiger partial charge in [-0.3, -0.25) is 14.4 Å². The molecule has 0 heterocycles. The Kier molecular flexibility index (Phi) is 60.3. The van der Waals surface area contributed by atoms with Crippen molar-refractivity contribution < 1.29 is 28.6 Å². The van der Waals surface area contributed by atoms with Crippen LogP contribution in [-0.2, 0) is 28.6 Å². The van der Waals surface area contributed by atoms with Gasteiger partial charge in [0.2, 0.25) is 0 Å². The highest BCUT2D eigenvalue weighted by atomic mass is 16.6. The molecule has 0 aliphatic carbocycles. The van der Waals surface area contributed by atoms with E-state index >= 15 is 0 Å². The standard InChI is InChI=1S/C69H120O6/c1-4-7-10-13-16-19-22-25-28-30-32-33-34-35-37-38-41-44-47-50-53-56-59-62-68(71)74-65-66(64-73-67(70)61-58-55-52-49-46-43-40-27-24-21-18-15-12-9-6-3)75-69(72)63-60-57-54-51-48-45-42-39-36-31-29-26-23-20-17-14-11-8-5-2/h8,11,17,20,22,25-27,29-30,32,36,39-40,66H,4-7,9-10,12-16,18-19,21,23-24,28,31,33-35,37-38,41-65H2,1-3H3/b11-8-,20-17-,25-22-,29-26-,32-30-,39-36-,40-27-. The molecule has 0 aromatic heterocycles. The summed E-state index contributed by atoms with van der Waals surface area (Å²) in [6, 6.07) is 0. The van der Waals surface area contributed by atoms with E-state index in [1.165, 1.54) is 167 Å². The smallest absolute Gasteiger partial charge is 0.306 e. The summed E-state index contributed by atoms with van der Waals surface area (Å²) in [5, 5.41) is 0. The Bertz CT molecular complexity index is 1430. The molecule has 0 bridgehead atoms. The first-order valence-electron chi connectivity index (χ1n) is 32.1. The largest absolute Gasteiger partial charge is 0.462 e. The number of carbonyl (C=O) groups is 3. The van der Waals surface area contributed by atoms with Crippen LogP contribution in [0.1, 0.15) is 316 Å². The first-order valence-corrected chi connectivity index (χ1v) is 32.1. The fraction of sp³-hybridized carbons (Fsp3) is 0.754. The van der Waals surface area contributed by atoms with Gasteiger partial charge >= 0.3 is 17.9 Å². The Morgan fingerprint density at radius 2 is 0.520 bits per heavy atom. The van der Waals surface area contributed by atoms with Crippen LogP contribution in [0.15, 0.2) is 85.1 Å². The molecule has 1 atom stereocenters. The van der Waals surface area contributed by atoms with Gasteiger partial charge in [-0.2, -0.15) is 0 Å². The van der Waals surface area contributed by atoms with Crippen LogP contribution in [0.3, 0.4) is 0 Å². The van der Waals surface area contributed by atoms with Crippen molar-refractivity contribution in [3.05, 3.63) is 85.1 Å². The lowest BCUT2D eigenvalue weighted by Crippen LogP contribution is -2.30. The van der Waals surface area contributed by atoms with Crippen LogP contribution in [0.4, 0.5) is 0 Å². The van der Waals surface area contributed by atoms with Gasteiger partial charge in [0.15, 0.2) is 6.10 Å². The maximum Gasteiger partial charge on any atom is 0.306 e. The molecule has 0 aliphatic rings. The topological polar surface area (TPSA) is 78.9 Å². The van der Waals surface area contributed by atoms with Crippen LogP contribution in [0, 0.1) is 0 Å². The fourth-order valence-corrected chi connectivity index (χ4v) is 9.05. The van der Waals surface area contributed by atoms with Crippen molar-refractivity contribution in [3.8, 4) is 0 Å². The zero-order chi connectivity index (χ0) is 54.3. The van der Waals surface area contributed by atoms with Crippen molar-refractivity contribution >= 4 is 17.9 Å². The van der Waals surface area contributed by atoms with Gasteiger partial charge in [-0.15, -0.1) is 0 Å². The van der Waals surface area contributed by atoms with E-state index in [1.807, 2.05) is 0 Å². The highest BCUT2D eigenvalue weighted by Crippen LogP contribution is 2.16. The Hall–Kier alpha value is -3.41. The predicted octanol–water partition coefficient (Wildman–Crippen LogP) is 21.9. The van der Waals surface area contributed by atoms with E-state index in [2.05, 4.69) is 106 Å². The molecule has 0 spiro atoms. The highest BCUT2D eigenvalue weighted by Gasteiger charge is 2.19. The summed E-state index contributed by atoms with van der Waals surface area (Å²) in [6.07, 6.45) is 83.0. The van der Waals surface area contributed by atoms with Crippen molar-refractivity contribution in [3.63, 3.8) is 0 Å². The van der Waals surface area contributed by atoms with Crippen molar-refractivity contribution in [2.45, 2.75) is 322 Å². The first kappa shape index (κ1) is 71.6. The number of rotatable bonds is 58. The lowest BCUT2D eigenvalue weighted by atomic mass is 10.0. The number of ether oxygens (including phenoxy) is 3. The molecule has 0 aliphatic heterocycles. The van der Waals surface area contributed by atoms with Gasteiger partial charge in [0.05, 0.1) is 0 Å². The first-order chi connectivity index (χ1) is 37.0. The minimum absolute atomic E-state index is 0.0851. The molecule has 0 N–H and O–H groups in total. The quantitative estimate of drug-likeness (QED) is 0.0261. The van der Waals surface area contributed by atoms with Gasteiger partial charge in [0, 0.05) is 19.3 Å². The summed E-state index contributed by atoms with van der Waals surface area (Å²) in [4.78, 5) is 38.3. The van der Waals surface area contributed by atoms with Crippen LogP contribution in [0.2, 0.25) is 0 Å². The Labute approximate surface area is 465 Å². The number of carbonyl (C=O) groups excluding carboxylic acids is 3. The zero-order valence-corrected chi connectivity index (χ0v) is 49.6. The van der Waals surface area contributed by atoms with E-state index in [1.54, 1.807) is 0 Å². The average Bonchev–Trinajstić information content (AvgIpc) is 3.41. The van der Waals surface area contributed by atoms with Crippen LogP contribution < -0.4 is 0 Å². The minimum Gasteiger partial charge on any atom is -0.462 e. The van der Waals surface area contributed by atoms with Crippen LogP contribution in [0.5, 0.6) is 0 Å². The molecule has 75 heavy (non-hydrogen) atoms. The second-order valence-electron chi connectivity index (χ2n) is 21.3. The van der Waals surface area contributed by atoms with E-state index in [0.29, 0.717) is 19.3 Å². The fourth-order valence-electron chi connectivity index (χ4n) is 9.05. The van der Waals surface area contributed by atoms with Crippen molar-refractivity contribution in [2.75, 3.05) is 13.2 Å². The Morgan fingerprint density at radius 1 is 0.280 bits per heavy atom. The van der Waals surface area contributed by atoms with E-state index in [0.717, 1.165) is 109 Å². The van der Waals surface area contributed by atoms with Crippen molar-refractivity contribution in [1.29, 1.82) is 0 Å². The highest BCUT2D eigenvalue weighted by molar-refractivity contribution is 5.71. The van der Waals surface area contributed by atoms with Crippen molar-refractivity contribution in [2.24, 2.45) is 0 Å². The monoisotopic (exact) mass is 1040 g/mol. The minimum atomic E-state index is -0.790. The molecule has 6 heteroatoms. The van der Waals surface area contributed by atoms with Gasteiger partial charge in [-0.1, -0.05) is 266 Å². The molecule has 0 fully saturated rings. The van der Waals surface area contributed by atoms with Gasteiger partial charge in [-0.25, -0.2) is 0 Å². The van der Waals surface area contributed by atoms with E-state index in [9.17, 15) is 14.4 Å². The predicted molar refractivity (Wildman–Crippen MR) is 325 cm³/mol. The molecular formula is C69H120O6. The van der Waals surface area contributed by atoms with Crippen molar-refractivity contribution in [1.82, 2.24) is 0 Å². The summed E-state index contributed by atoms with van der Waals surface area (Å²) in [6.45, 7) is 6.52. The molecule has 0 radical (unpaired) electrons. The number of unbranched alkanes of at least 4 members (excludes halogenated alkanes) is 33. The van der Waals surface area contributed by atoms with Crippen LogP contribution >= 0.6 is 0 Å². The summed E-state index contributed by atoms with van der Waals surface area (Å²) < 4.78 is 16.9. The number of esters is 3. The summed E-state index contributed by atoms with van der Waals surface area (Å²) in [7, 11) is 0. The Balaban J connectivity index is 4.38. The number of hydrogen-bond donors (Lipinski definition) is 0. The maximum atomic E-state index is 12.9. The van der Waals surface area contributed by atoms with Gasteiger partial charge in [-0.05, 0) is 116 Å². The average molecular weight is 1050 g/mol. The SMILES string of the molecule is CC/C=C\C/C=C\C/C=C\C/C=C\CCCCCCCCC(=O)OC(COC(=O)CCCCCCC/C=C\CCCCCCCC)COC(=O)CCCCCCCCCCCCC/C=C\C/C=C\CCCCCCC. The molecular weight excluding hydrogens is 925 g/mol. The second-order valence-corrected chi connectivity index (χ2v) is 21.3. The second kappa shape index (κ2) is 63.1. The van der Waals surface area contributed by atoms with Crippen LogP contribution in [-0.4, -0.2) is 37.2 Å². The Morgan fingerprint density at radius 3 is 0.827 bits per heavy atom. The molecule has 0 saturated heterocycles. The molecule has 0 amide bonds. The molecule has 432 valence electrons. The third kappa shape index (κ3) is 61.3. The molecule has 0 aromatic rings. The molecule has 6 nitrogen and oxygen atoms in total. The third-order valence-corrected chi connectivity index (χ3v) is 13.9. The maximum absolute atomic E-state index is 12.9. The van der Waals surface area contributed by atoms with E-state index in [4.69, 9.17) is 14.2 Å². The molecule has 1 unspecified atom stereocenters. The summed E-state index contributed by atoms with van der Waals surface area (Å²) in [5.41, 5.74) is 0. The molecule has 0 aromatic carbocycles. The van der Waals surface area contributed by atoms with Gasteiger partial charge in [0.25, 0.3) is 0 Å².